The average Bonchev–Trinajstić information content (AvgIpc) is 3.15. The summed E-state index contributed by atoms with van der Waals surface area (Å²) in [6.07, 6.45) is 6.10. The molecule has 7 heteroatoms. The van der Waals surface area contributed by atoms with E-state index in [1.165, 1.54) is 10.4 Å². The van der Waals surface area contributed by atoms with Crippen molar-refractivity contribution in [2.24, 2.45) is 0 Å². The van der Waals surface area contributed by atoms with Gasteiger partial charge in [-0.15, -0.1) is 11.3 Å². The molecule has 1 saturated heterocycles. The van der Waals surface area contributed by atoms with E-state index < -0.39 is 10.0 Å². The Kier molecular flexibility index (Phi) is 5.67. The van der Waals surface area contributed by atoms with Gasteiger partial charge in [-0.3, -0.25) is 4.79 Å². The van der Waals surface area contributed by atoms with E-state index in [0.717, 1.165) is 24.1 Å². The molecule has 1 aliphatic rings. The minimum Gasteiger partial charge on any atom is -0.323 e. The van der Waals surface area contributed by atoms with E-state index in [-0.39, 0.29) is 10.8 Å². The van der Waals surface area contributed by atoms with E-state index in [0.29, 0.717) is 18.8 Å². The van der Waals surface area contributed by atoms with Crippen LogP contribution in [0.2, 0.25) is 0 Å². The van der Waals surface area contributed by atoms with E-state index in [9.17, 15) is 13.2 Å². The Morgan fingerprint density at radius 1 is 1.08 bits per heavy atom. The highest BCUT2D eigenvalue weighted by Gasteiger charge is 2.25. The number of piperidine rings is 1. The smallest absolute Gasteiger partial charge is 0.248 e. The lowest BCUT2D eigenvalue weighted by Crippen LogP contribution is -2.35. The molecule has 1 aromatic carbocycles. The summed E-state index contributed by atoms with van der Waals surface area (Å²) in [4.78, 5) is 13.2. The maximum Gasteiger partial charge on any atom is 0.248 e. The largest absolute Gasteiger partial charge is 0.323 e. The van der Waals surface area contributed by atoms with Gasteiger partial charge >= 0.3 is 0 Å². The highest BCUT2D eigenvalue weighted by Crippen LogP contribution is 2.22. The van der Waals surface area contributed by atoms with Crippen molar-refractivity contribution in [1.82, 2.24) is 4.31 Å². The monoisotopic (exact) mass is 376 g/mol. The van der Waals surface area contributed by atoms with Gasteiger partial charge in [0.15, 0.2) is 0 Å². The number of benzene rings is 1. The van der Waals surface area contributed by atoms with Crippen molar-refractivity contribution in [3.05, 3.63) is 52.7 Å². The van der Waals surface area contributed by atoms with Gasteiger partial charge in [0.25, 0.3) is 0 Å². The van der Waals surface area contributed by atoms with Crippen LogP contribution in [0.4, 0.5) is 5.69 Å². The van der Waals surface area contributed by atoms with Crippen LogP contribution in [0.15, 0.2) is 52.7 Å². The van der Waals surface area contributed by atoms with Crippen LogP contribution >= 0.6 is 11.3 Å². The summed E-state index contributed by atoms with van der Waals surface area (Å²) < 4.78 is 26.7. The normalized spacial score (nSPS) is 16.2. The Balaban J connectivity index is 1.64. The van der Waals surface area contributed by atoms with Gasteiger partial charge in [0, 0.05) is 29.7 Å². The SMILES string of the molecule is O=C(C=Cc1cccs1)Nc1ccc(S(=O)(=O)N2CCCCC2)cc1. The average molecular weight is 377 g/mol. The van der Waals surface area contributed by atoms with Gasteiger partial charge in [-0.25, -0.2) is 8.42 Å². The van der Waals surface area contributed by atoms with Crippen molar-refractivity contribution in [3.8, 4) is 0 Å². The molecule has 2 heterocycles. The fraction of sp³-hybridized carbons (Fsp3) is 0.278. The zero-order chi connectivity index (χ0) is 17.7. The fourth-order valence-corrected chi connectivity index (χ4v) is 4.83. The first-order valence-corrected chi connectivity index (χ1v) is 10.5. The predicted octanol–water partition coefficient (Wildman–Crippen LogP) is 3.57. The summed E-state index contributed by atoms with van der Waals surface area (Å²) in [5.74, 6) is -0.250. The highest BCUT2D eigenvalue weighted by molar-refractivity contribution is 7.89. The van der Waals surface area contributed by atoms with Crippen LogP contribution < -0.4 is 5.32 Å². The summed E-state index contributed by atoms with van der Waals surface area (Å²) in [7, 11) is -3.44. The molecular formula is C18H20N2O3S2. The van der Waals surface area contributed by atoms with Gasteiger partial charge in [0.2, 0.25) is 15.9 Å². The van der Waals surface area contributed by atoms with Crippen LogP contribution in [0.3, 0.4) is 0 Å². The first-order chi connectivity index (χ1) is 12.1. The third-order valence-corrected chi connectivity index (χ3v) is 6.77. The third kappa shape index (κ3) is 4.56. The molecule has 0 radical (unpaired) electrons. The molecule has 1 amide bonds. The molecule has 0 aliphatic carbocycles. The molecule has 0 unspecified atom stereocenters. The minimum absolute atomic E-state index is 0.250. The second-order valence-electron chi connectivity index (χ2n) is 5.83. The van der Waals surface area contributed by atoms with Crippen LogP contribution in [0.5, 0.6) is 0 Å². The van der Waals surface area contributed by atoms with E-state index >= 15 is 0 Å². The van der Waals surface area contributed by atoms with Crippen molar-refractivity contribution >= 4 is 39.0 Å². The third-order valence-electron chi connectivity index (χ3n) is 4.02. The molecule has 0 bridgehead atoms. The number of thiophene rings is 1. The van der Waals surface area contributed by atoms with E-state index in [2.05, 4.69) is 5.32 Å². The molecule has 1 N–H and O–H groups in total. The summed E-state index contributed by atoms with van der Waals surface area (Å²) >= 11 is 1.55. The zero-order valence-corrected chi connectivity index (χ0v) is 15.4. The lowest BCUT2D eigenvalue weighted by atomic mass is 10.2. The number of nitrogens with zero attached hydrogens (tertiary/aromatic N) is 1. The van der Waals surface area contributed by atoms with Crippen molar-refractivity contribution in [3.63, 3.8) is 0 Å². The number of anilines is 1. The molecule has 2 aromatic rings. The molecule has 0 spiro atoms. The topological polar surface area (TPSA) is 66.5 Å². The maximum absolute atomic E-state index is 12.6. The maximum atomic E-state index is 12.6. The molecular weight excluding hydrogens is 356 g/mol. The lowest BCUT2D eigenvalue weighted by molar-refractivity contribution is -0.111. The number of carbonyl (C=O) groups is 1. The van der Waals surface area contributed by atoms with Crippen LogP contribution in [0, 0.1) is 0 Å². The number of hydrogen-bond donors (Lipinski definition) is 1. The minimum atomic E-state index is -3.44. The number of sulfonamides is 1. The number of amides is 1. The van der Waals surface area contributed by atoms with Crippen LogP contribution in [-0.4, -0.2) is 31.7 Å². The summed E-state index contributed by atoms with van der Waals surface area (Å²) in [5.41, 5.74) is 0.568. The fourth-order valence-electron chi connectivity index (χ4n) is 2.69. The van der Waals surface area contributed by atoms with Gasteiger partial charge in [-0.1, -0.05) is 12.5 Å². The Hall–Kier alpha value is -1.96. The van der Waals surface area contributed by atoms with E-state index in [1.54, 1.807) is 41.7 Å². The standard InChI is InChI=1S/C18H20N2O3S2/c21-18(11-8-16-5-4-14-24-16)19-15-6-9-17(10-7-15)25(22,23)20-12-2-1-3-13-20/h4-11,14H,1-3,12-13H2,(H,19,21). The molecule has 0 atom stereocenters. The highest BCUT2D eigenvalue weighted by atomic mass is 32.2. The molecule has 25 heavy (non-hydrogen) atoms. The van der Waals surface area contributed by atoms with Crippen LogP contribution in [0.1, 0.15) is 24.1 Å². The van der Waals surface area contributed by atoms with Gasteiger partial charge < -0.3 is 5.32 Å². The number of nitrogens with one attached hydrogen (secondary N) is 1. The van der Waals surface area contributed by atoms with Gasteiger partial charge in [0.05, 0.1) is 4.90 Å². The Labute approximate surface area is 152 Å². The Morgan fingerprint density at radius 2 is 1.80 bits per heavy atom. The lowest BCUT2D eigenvalue weighted by Gasteiger charge is -2.25. The number of rotatable bonds is 5. The predicted molar refractivity (Wildman–Crippen MR) is 101 cm³/mol. The zero-order valence-electron chi connectivity index (χ0n) is 13.7. The van der Waals surface area contributed by atoms with Crippen molar-refractivity contribution in [1.29, 1.82) is 0 Å². The Bertz CT molecular complexity index is 835. The molecule has 132 valence electrons. The van der Waals surface area contributed by atoms with Gasteiger partial charge in [-0.2, -0.15) is 4.31 Å². The molecule has 1 fully saturated rings. The first-order valence-electron chi connectivity index (χ1n) is 8.18. The molecule has 1 aromatic heterocycles. The van der Waals surface area contributed by atoms with Crippen LogP contribution in [0.25, 0.3) is 6.08 Å². The van der Waals surface area contributed by atoms with E-state index in [1.807, 2.05) is 17.5 Å². The van der Waals surface area contributed by atoms with Crippen LogP contribution in [-0.2, 0) is 14.8 Å². The first kappa shape index (κ1) is 17.8. The second-order valence-corrected chi connectivity index (χ2v) is 8.74. The summed E-state index contributed by atoms with van der Waals surface area (Å²) in [6.45, 7) is 1.16. The Morgan fingerprint density at radius 3 is 2.44 bits per heavy atom. The number of hydrogen-bond acceptors (Lipinski definition) is 4. The summed E-state index contributed by atoms with van der Waals surface area (Å²) in [6, 6.07) is 10.2. The molecule has 5 nitrogen and oxygen atoms in total. The van der Waals surface area contributed by atoms with Gasteiger partial charge in [0.1, 0.15) is 0 Å². The molecule has 3 rings (SSSR count). The quantitative estimate of drug-likeness (QED) is 0.811. The summed E-state index contributed by atoms with van der Waals surface area (Å²) in [5, 5.41) is 4.68. The van der Waals surface area contributed by atoms with Gasteiger partial charge in [-0.05, 0) is 54.6 Å². The second kappa shape index (κ2) is 7.95. The van der Waals surface area contributed by atoms with Crippen molar-refractivity contribution < 1.29 is 13.2 Å². The molecule has 1 aliphatic heterocycles. The molecule has 0 saturated carbocycles. The van der Waals surface area contributed by atoms with Crippen molar-refractivity contribution in [2.45, 2.75) is 24.2 Å². The van der Waals surface area contributed by atoms with Crippen molar-refractivity contribution in [2.75, 3.05) is 18.4 Å². The van der Waals surface area contributed by atoms with E-state index in [4.69, 9.17) is 0 Å². The number of carbonyl (C=O) groups excluding carboxylic acids is 1.